The summed E-state index contributed by atoms with van der Waals surface area (Å²) in [6, 6.07) is 11.0. The zero-order valence-electron chi connectivity index (χ0n) is 16.7. The molecule has 1 atom stereocenters. The maximum atomic E-state index is 12.3. The van der Waals surface area contributed by atoms with Crippen molar-refractivity contribution in [2.75, 3.05) is 25.0 Å². The van der Waals surface area contributed by atoms with E-state index >= 15 is 0 Å². The number of anilines is 1. The minimum atomic E-state index is -2.81. The Labute approximate surface area is 170 Å². The number of hydrogen-bond acceptors (Lipinski definition) is 4. The smallest absolute Gasteiger partial charge is 0.387 e. The first kappa shape index (κ1) is 20.8. The highest BCUT2D eigenvalue weighted by Gasteiger charge is 2.21. The monoisotopic (exact) mass is 403 g/mol. The fourth-order valence-electron chi connectivity index (χ4n) is 3.43. The lowest BCUT2D eigenvalue weighted by Gasteiger charge is -2.35. The molecule has 6 nitrogen and oxygen atoms in total. The van der Waals surface area contributed by atoms with Crippen LogP contribution in [0.25, 0.3) is 0 Å². The van der Waals surface area contributed by atoms with Crippen LogP contribution in [0.5, 0.6) is 5.75 Å². The summed E-state index contributed by atoms with van der Waals surface area (Å²) >= 11 is 0. The lowest BCUT2D eigenvalue weighted by atomic mass is 10.0. The number of aliphatic imine (C=N–C) groups is 1. The van der Waals surface area contributed by atoms with Crippen LogP contribution in [0, 0.1) is 6.92 Å². The second-order valence-electron chi connectivity index (χ2n) is 6.99. The lowest BCUT2D eigenvalue weighted by molar-refractivity contribution is -0.0498. The van der Waals surface area contributed by atoms with Crippen LogP contribution in [0.2, 0.25) is 0 Å². The number of aromatic nitrogens is 1. The van der Waals surface area contributed by atoms with E-state index in [0.29, 0.717) is 6.54 Å². The van der Waals surface area contributed by atoms with E-state index < -0.39 is 6.61 Å². The molecule has 0 aliphatic carbocycles. The molecule has 8 heteroatoms. The fourth-order valence-corrected chi connectivity index (χ4v) is 3.43. The number of guanidine groups is 1. The molecule has 2 N–H and O–H groups in total. The van der Waals surface area contributed by atoms with Gasteiger partial charge >= 0.3 is 6.61 Å². The Morgan fingerprint density at radius 2 is 2.10 bits per heavy atom. The molecular formula is C21H27F2N5O. The molecule has 0 saturated carbocycles. The Hall–Kier alpha value is -2.90. The summed E-state index contributed by atoms with van der Waals surface area (Å²) in [5.74, 6) is 0.910. The van der Waals surface area contributed by atoms with Gasteiger partial charge in [-0.3, -0.25) is 9.98 Å². The van der Waals surface area contributed by atoms with E-state index in [1.54, 1.807) is 25.4 Å². The van der Waals surface area contributed by atoms with Crippen molar-refractivity contribution in [2.45, 2.75) is 39.0 Å². The van der Waals surface area contributed by atoms with Gasteiger partial charge in [-0.25, -0.2) is 0 Å². The number of aryl methyl sites for hydroxylation is 1. The lowest BCUT2D eigenvalue weighted by Crippen LogP contribution is -2.51. The molecular weight excluding hydrogens is 376 g/mol. The van der Waals surface area contributed by atoms with Crippen molar-refractivity contribution < 1.29 is 13.5 Å². The third-order valence-electron chi connectivity index (χ3n) is 4.95. The van der Waals surface area contributed by atoms with Crippen LogP contribution in [-0.4, -0.2) is 43.7 Å². The molecule has 0 radical (unpaired) electrons. The van der Waals surface area contributed by atoms with Crippen molar-refractivity contribution in [1.82, 2.24) is 15.6 Å². The van der Waals surface area contributed by atoms with Crippen molar-refractivity contribution in [2.24, 2.45) is 4.99 Å². The van der Waals surface area contributed by atoms with E-state index in [4.69, 9.17) is 0 Å². The molecule has 0 bridgehead atoms. The molecule has 1 unspecified atom stereocenters. The van der Waals surface area contributed by atoms with Crippen molar-refractivity contribution in [3.63, 3.8) is 0 Å². The van der Waals surface area contributed by atoms with Gasteiger partial charge in [-0.2, -0.15) is 8.78 Å². The average molecular weight is 403 g/mol. The largest absolute Gasteiger partial charge is 0.435 e. The third-order valence-corrected chi connectivity index (χ3v) is 4.95. The van der Waals surface area contributed by atoms with E-state index in [1.807, 2.05) is 31.2 Å². The Bertz CT molecular complexity index is 813. The van der Waals surface area contributed by atoms with Gasteiger partial charge in [0.2, 0.25) is 0 Å². The zero-order valence-corrected chi connectivity index (χ0v) is 16.7. The summed E-state index contributed by atoms with van der Waals surface area (Å²) in [5, 5.41) is 6.80. The topological polar surface area (TPSA) is 61.8 Å². The first-order chi connectivity index (χ1) is 14.0. The highest BCUT2D eigenvalue weighted by Crippen LogP contribution is 2.23. The minimum Gasteiger partial charge on any atom is -0.435 e. The summed E-state index contributed by atoms with van der Waals surface area (Å²) in [6.07, 6.45) is 3.85. The van der Waals surface area contributed by atoms with E-state index in [1.165, 1.54) is 0 Å². The first-order valence-electron chi connectivity index (χ1n) is 9.72. The van der Waals surface area contributed by atoms with Crippen LogP contribution in [0.1, 0.15) is 24.1 Å². The van der Waals surface area contributed by atoms with Crippen molar-refractivity contribution in [3.05, 3.63) is 53.9 Å². The van der Waals surface area contributed by atoms with Crippen LogP contribution in [-0.2, 0) is 6.54 Å². The SMILES string of the molecule is CN=C(NCc1ncccc1C)NC1CCCN(c2ccc(OC(F)F)cc2)C1. The second-order valence-corrected chi connectivity index (χ2v) is 6.99. The Kier molecular flexibility index (Phi) is 7.21. The number of rotatable bonds is 6. The molecule has 1 aliphatic heterocycles. The Morgan fingerprint density at radius 1 is 1.31 bits per heavy atom. The maximum Gasteiger partial charge on any atom is 0.387 e. The minimum absolute atomic E-state index is 0.171. The number of nitrogens with one attached hydrogen (secondary N) is 2. The number of hydrogen-bond donors (Lipinski definition) is 2. The molecule has 156 valence electrons. The molecule has 1 aromatic heterocycles. The summed E-state index contributed by atoms with van der Waals surface area (Å²) < 4.78 is 29.0. The van der Waals surface area contributed by atoms with Crippen molar-refractivity contribution in [3.8, 4) is 5.75 Å². The number of ether oxygens (including phenoxy) is 1. The maximum absolute atomic E-state index is 12.3. The van der Waals surface area contributed by atoms with Crippen molar-refractivity contribution >= 4 is 11.6 Å². The highest BCUT2D eigenvalue weighted by atomic mass is 19.3. The van der Waals surface area contributed by atoms with Gasteiger partial charge in [-0.1, -0.05) is 6.07 Å². The molecule has 1 fully saturated rings. The molecule has 1 aromatic carbocycles. The summed E-state index contributed by atoms with van der Waals surface area (Å²) in [6.45, 7) is 1.56. The van der Waals surface area contributed by atoms with Gasteiger partial charge in [0, 0.05) is 38.1 Å². The fraction of sp³-hybridized carbons (Fsp3) is 0.429. The Balaban J connectivity index is 1.55. The van der Waals surface area contributed by atoms with Crippen LogP contribution in [0.15, 0.2) is 47.6 Å². The van der Waals surface area contributed by atoms with E-state index in [-0.39, 0.29) is 11.8 Å². The first-order valence-corrected chi connectivity index (χ1v) is 9.72. The molecule has 1 saturated heterocycles. The number of benzene rings is 1. The average Bonchev–Trinajstić information content (AvgIpc) is 2.72. The molecule has 0 spiro atoms. The van der Waals surface area contributed by atoms with E-state index in [0.717, 1.165) is 48.8 Å². The van der Waals surface area contributed by atoms with E-state index in [2.05, 4.69) is 30.2 Å². The number of halogens is 2. The van der Waals surface area contributed by atoms with Crippen LogP contribution in [0.3, 0.4) is 0 Å². The second kappa shape index (κ2) is 10.0. The highest BCUT2D eigenvalue weighted by molar-refractivity contribution is 5.80. The molecule has 3 rings (SSSR count). The standard InChI is InChI=1S/C21H27F2N5O/c1-15-5-3-11-25-19(15)13-26-21(24-2)27-16-6-4-12-28(14-16)17-7-9-18(10-8-17)29-20(22)23/h3,5,7-11,16,20H,4,6,12-14H2,1-2H3,(H2,24,26,27). The number of piperidine rings is 1. The molecule has 2 heterocycles. The van der Waals surface area contributed by atoms with Crippen LogP contribution >= 0.6 is 0 Å². The van der Waals surface area contributed by atoms with Gasteiger partial charge in [-0.15, -0.1) is 0 Å². The van der Waals surface area contributed by atoms with Crippen LogP contribution < -0.4 is 20.3 Å². The zero-order chi connectivity index (χ0) is 20.6. The van der Waals surface area contributed by atoms with E-state index in [9.17, 15) is 8.78 Å². The predicted molar refractivity (Wildman–Crippen MR) is 111 cm³/mol. The normalized spacial score (nSPS) is 17.3. The van der Waals surface area contributed by atoms with Gasteiger partial charge in [0.25, 0.3) is 0 Å². The summed E-state index contributed by atoms with van der Waals surface area (Å²) in [4.78, 5) is 11.0. The van der Waals surface area contributed by atoms with Gasteiger partial charge in [0.1, 0.15) is 5.75 Å². The van der Waals surface area contributed by atoms with Gasteiger partial charge in [-0.05, 0) is 55.7 Å². The Morgan fingerprint density at radius 3 is 2.79 bits per heavy atom. The summed E-state index contributed by atoms with van der Waals surface area (Å²) in [7, 11) is 1.75. The third kappa shape index (κ3) is 6.04. The molecule has 29 heavy (non-hydrogen) atoms. The molecule has 2 aromatic rings. The quantitative estimate of drug-likeness (QED) is 0.572. The molecule has 0 amide bonds. The number of pyridine rings is 1. The van der Waals surface area contributed by atoms with Gasteiger partial charge < -0.3 is 20.3 Å². The number of nitrogens with zero attached hydrogens (tertiary/aromatic N) is 3. The van der Waals surface area contributed by atoms with Crippen LogP contribution in [0.4, 0.5) is 14.5 Å². The number of alkyl halides is 2. The predicted octanol–water partition coefficient (Wildman–Crippen LogP) is 3.33. The summed E-state index contributed by atoms with van der Waals surface area (Å²) in [5.41, 5.74) is 3.12. The van der Waals surface area contributed by atoms with Gasteiger partial charge in [0.05, 0.1) is 12.2 Å². The molecule has 1 aliphatic rings. The van der Waals surface area contributed by atoms with Gasteiger partial charge in [0.15, 0.2) is 5.96 Å². The van der Waals surface area contributed by atoms with Crippen molar-refractivity contribution in [1.29, 1.82) is 0 Å².